The molecule has 78 valence electrons. The molecule has 0 fully saturated rings. The van der Waals surface area contributed by atoms with Crippen molar-refractivity contribution < 1.29 is 13.5 Å². The van der Waals surface area contributed by atoms with Gasteiger partial charge in [-0.25, -0.2) is 13.8 Å². The highest BCUT2D eigenvalue weighted by Gasteiger charge is 2.21. The summed E-state index contributed by atoms with van der Waals surface area (Å²) < 4.78 is 30.5. The molecule has 0 aliphatic rings. The molecular formula is C8H7Br2F2NO. The number of rotatable bonds is 3. The Morgan fingerprint density at radius 3 is 2.64 bits per heavy atom. The van der Waals surface area contributed by atoms with Crippen LogP contribution < -0.4 is 4.74 Å². The summed E-state index contributed by atoms with van der Waals surface area (Å²) in [7, 11) is 1.34. The Morgan fingerprint density at radius 2 is 2.21 bits per heavy atom. The topological polar surface area (TPSA) is 22.1 Å². The number of hydrogen-bond donors (Lipinski definition) is 0. The molecule has 1 heterocycles. The number of pyridine rings is 1. The second kappa shape index (κ2) is 5.02. The summed E-state index contributed by atoms with van der Waals surface area (Å²) in [5, 5.41) is 0.323. The van der Waals surface area contributed by atoms with Crippen molar-refractivity contribution in [3.63, 3.8) is 0 Å². The molecule has 0 bridgehead atoms. The number of halogens is 4. The molecule has 6 heteroatoms. The number of alkyl halides is 3. The standard InChI is InChI=1S/C8H7Br2F2NO/c1-14-6-5(8(11)12)4(2-9)3-13-7(6)10/h3,8H,2H2,1H3. The van der Waals surface area contributed by atoms with Gasteiger partial charge in [-0.3, -0.25) is 0 Å². The van der Waals surface area contributed by atoms with Gasteiger partial charge in [0.1, 0.15) is 4.60 Å². The largest absolute Gasteiger partial charge is 0.493 e. The Labute approximate surface area is 96.9 Å². The fourth-order valence-corrected chi connectivity index (χ4v) is 1.98. The molecule has 0 saturated heterocycles. The van der Waals surface area contributed by atoms with Crippen molar-refractivity contribution in [3.8, 4) is 5.75 Å². The monoisotopic (exact) mass is 329 g/mol. The molecule has 0 saturated carbocycles. The van der Waals surface area contributed by atoms with Crippen LogP contribution in [0.15, 0.2) is 10.8 Å². The van der Waals surface area contributed by atoms with Gasteiger partial charge in [0.15, 0.2) is 5.75 Å². The molecular weight excluding hydrogens is 324 g/mol. The van der Waals surface area contributed by atoms with Crippen LogP contribution >= 0.6 is 31.9 Å². The first-order chi connectivity index (χ1) is 6.61. The van der Waals surface area contributed by atoms with Gasteiger partial charge in [0.2, 0.25) is 0 Å². The van der Waals surface area contributed by atoms with Gasteiger partial charge in [-0.05, 0) is 21.5 Å². The number of methoxy groups -OCH3 is 1. The van der Waals surface area contributed by atoms with Crippen molar-refractivity contribution >= 4 is 31.9 Å². The molecule has 0 spiro atoms. The maximum absolute atomic E-state index is 12.7. The predicted octanol–water partition coefficient (Wildman–Crippen LogP) is 3.69. The number of nitrogens with zero attached hydrogens (tertiary/aromatic N) is 1. The fourth-order valence-electron chi connectivity index (χ4n) is 1.06. The molecule has 14 heavy (non-hydrogen) atoms. The molecule has 1 aromatic heterocycles. The molecule has 0 atom stereocenters. The molecule has 0 aliphatic carbocycles. The van der Waals surface area contributed by atoms with E-state index in [1.54, 1.807) is 0 Å². The van der Waals surface area contributed by atoms with Gasteiger partial charge < -0.3 is 4.74 Å². The van der Waals surface area contributed by atoms with E-state index in [1.807, 2.05) is 0 Å². The van der Waals surface area contributed by atoms with Crippen molar-refractivity contribution in [2.75, 3.05) is 7.11 Å². The van der Waals surface area contributed by atoms with Crippen molar-refractivity contribution in [3.05, 3.63) is 21.9 Å². The summed E-state index contributed by atoms with van der Waals surface area (Å²) >= 11 is 6.17. The van der Waals surface area contributed by atoms with Gasteiger partial charge in [0, 0.05) is 11.5 Å². The predicted molar refractivity (Wildman–Crippen MR) is 56.1 cm³/mol. The van der Waals surface area contributed by atoms with Crippen molar-refractivity contribution in [1.82, 2.24) is 4.98 Å². The second-order valence-corrected chi connectivity index (χ2v) is 3.77. The SMILES string of the molecule is COc1c(Br)ncc(CBr)c1C(F)F. The van der Waals surface area contributed by atoms with Crippen LogP contribution in [0.1, 0.15) is 17.6 Å². The zero-order valence-corrected chi connectivity index (χ0v) is 10.4. The average molecular weight is 331 g/mol. The maximum Gasteiger partial charge on any atom is 0.267 e. The van der Waals surface area contributed by atoms with E-state index in [4.69, 9.17) is 4.74 Å². The summed E-state index contributed by atoms with van der Waals surface area (Å²) in [4.78, 5) is 3.89. The van der Waals surface area contributed by atoms with Gasteiger partial charge in [-0.15, -0.1) is 0 Å². The summed E-state index contributed by atoms with van der Waals surface area (Å²) in [6, 6.07) is 0. The lowest BCUT2D eigenvalue weighted by molar-refractivity contribution is 0.145. The lowest BCUT2D eigenvalue weighted by Gasteiger charge is -2.12. The number of hydrogen-bond acceptors (Lipinski definition) is 2. The average Bonchev–Trinajstić information content (AvgIpc) is 2.17. The van der Waals surface area contributed by atoms with E-state index in [-0.39, 0.29) is 11.3 Å². The third-order valence-electron chi connectivity index (χ3n) is 1.68. The van der Waals surface area contributed by atoms with Gasteiger partial charge in [-0.2, -0.15) is 0 Å². The zero-order valence-electron chi connectivity index (χ0n) is 7.23. The third kappa shape index (κ3) is 2.23. The Morgan fingerprint density at radius 1 is 1.57 bits per heavy atom. The number of aromatic nitrogens is 1. The maximum atomic E-state index is 12.7. The molecule has 2 nitrogen and oxygen atoms in total. The first kappa shape index (κ1) is 11.8. The van der Waals surface area contributed by atoms with Gasteiger partial charge in [0.05, 0.1) is 12.7 Å². The molecule has 0 unspecified atom stereocenters. The van der Waals surface area contributed by atoms with Gasteiger partial charge in [0.25, 0.3) is 6.43 Å². The Balaban J connectivity index is 3.36. The van der Waals surface area contributed by atoms with Crippen LogP contribution in [0.25, 0.3) is 0 Å². The lowest BCUT2D eigenvalue weighted by Crippen LogP contribution is -2.00. The highest BCUT2D eigenvalue weighted by atomic mass is 79.9. The van der Waals surface area contributed by atoms with Crippen LogP contribution in [0.3, 0.4) is 0 Å². The molecule has 1 rings (SSSR count). The summed E-state index contributed by atoms with van der Waals surface area (Å²) in [5.74, 6) is 0.0944. The zero-order chi connectivity index (χ0) is 10.7. The molecule has 0 N–H and O–H groups in total. The van der Waals surface area contributed by atoms with Crippen LogP contribution in [0.4, 0.5) is 8.78 Å². The van der Waals surface area contributed by atoms with Gasteiger partial charge in [-0.1, -0.05) is 15.9 Å². The smallest absolute Gasteiger partial charge is 0.267 e. The first-order valence-corrected chi connectivity index (χ1v) is 5.58. The molecule has 0 radical (unpaired) electrons. The minimum absolute atomic E-state index is 0.0944. The molecule has 0 aliphatic heterocycles. The first-order valence-electron chi connectivity index (χ1n) is 3.67. The van der Waals surface area contributed by atoms with Crippen molar-refractivity contribution in [1.29, 1.82) is 0 Å². The third-order valence-corrected chi connectivity index (χ3v) is 2.85. The van der Waals surface area contributed by atoms with Crippen LogP contribution in [-0.2, 0) is 5.33 Å². The molecule has 0 aromatic carbocycles. The summed E-state index contributed by atoms with van der Waals surface area (Å²) in [6.45, 7) is 0. The van der Waals surface area contributed by atoms with E-state index in [0.29, 0.717) is 15.5 Å². The highest BCUT2D eigenvalue weighted by molar-refractivity contribution is 9.10. The lowest BCUT2D eigenvalue weighted by atomic mass is 10.1. The van der Waals surface area contributed by atoms with Crippen LogP contribution in [0.5, 0.6) is 5.75 Å². The van der Waals surface area contributed by atoms with Crippen LogP contribution in [0.2, 0.25) is 0 Å². The second-order valence-electron chi connectivity index (χ2n) is 2.46. The van der Waals surface area contributed by atoms with E-state index in [0.717, 1.165) is 0 Å². The van der Waals surface area contributed by atoms with E-state index in [1.165, 1.54) is 13.3 Å². The quantitative estimate of drug-likeness (QED) is 0.623. The van der Waals surface area contributed by atoms with Crippen LogP contribution in [-0.4, -0.2) is 12.1 Å². The summed E-state index contributed by atoms with van der Waals surface area (Å²) in [6.07, 6.45) is -1.18. The van der Waals surface area contributed by atoms with Crippen LogP contribution in [0, 0.1) is 0 Å². The van der Waals surface area contributed by atoms with E-state index >= 15 is 0 Å². The molecule has 1 aromatic rings. The van der Waals surface area contributed by atoms with Gasteiger partial charge >= 0.3 is 0 Å². The number of ether oxygens (including phenoxy) is 1. The van der Waals surface area contributed by atoms with E-state index < -0.39 is 6.43 Å². The van der Waals surface area contributed by atoms with Crippen molar-refractivity contribution in [2.45, 2.75) is 11.8 Å². The minimum Gasteiger partial charge on any atom is -0.493 e. The van der Waals surface area contributed by atoms with E-state index in [9.17, 15) is 8.78 Å². The normalized spacial score (nSPS) is 10.7. The van der Waals surface area contributed by atoms with E-state index in [2.05, 4.69) is 36.8 Å². The Kier molecular flexibility index (Phi) is 4.25. The minimum atomic E-state index is -2.57. The fraction of sp³-hybridized carbons (Fsp3) is 0.375. The van der Waals surface area contributed by atoms with Crippen molar-refractivity contribution in [2.24, 2.45) is 0 Å². The Hall–Kier alpha value is -0.230. The summed E-state index contributed by atoms with van der Waals surface area (Å²) in [5.41, 5.74) is 0.311. The Bertz CT molecular complexity index is 333. The highest BCUT2D eigenvalue weighted by Crippen LogP contribution is 2.37. The molecule has 0 amide bonds.